The number of hydrogen-bond acceptors (Lipinski definition) is 6. The molecule has 0 spiro atoms. The van der Waals surface area contributed by atoms with E-state index in [1.807, 2.05) is 6.07 Å². The van der Waals surface area contributed by atoms with Gasteiger partial charge >= 0.3 is 5.97 Å². The van der Waals surface area contributed by atoms with Crippen molar-refractivity contribution < 1.29 is 19.2 Å². The molecule has 0 unspecified atom stereocenters. The van der Waals surface area contributed by atoms with Gasteiger partial charge in [-0.3, -0.25) is 14.9 Å². The number of carbonyl (C=O) groups is 2. The molecule has 0 amide bonds. The Morgan fingerprint density at radius 3 is 2.10 bits per heavy atom. The molecule has 0 saturated heterocycles. The van der Waals surface area contributed by atoms with Gasteiger partial charge in [0.2, 0.25) is 5.78 Å². The predicted molar refractivity (Wildman–Crippen MR) is 109 cm³/mol. The van der Waals surface area contributed by atoms with E-state index in [9.17, 15) is 25.0 Å². The van der Waals surface area contributed by atoms with Crippen LogP contribution in [0.1, 0.15) is 26.3 Å². The Morgan fingerprint density at radius 1 is 0.900 bits per heavy atom. The number of nitro benzene ring substituents is 1. The Hall–Kier alpha value is -4.57. The molecule has 0 bridgehead atoms. The fourth-order valence-electron chi connectivity index (χ4n) is 2.58. The summed E-state index contributed by atoms with van der Waals surface area (Å²) in [7, 11) is 0. The van der Waals surface area contributed by atoms with E-state index in [0.717, 1.165) is 0 Å². The van der Waals surface area contributed by atoms with Crippen molar-refractivity contribution in [3.8, 4) is 11.8 Å². The lowest BCUT2D eigenvalue weighted by Crippen LogP contribution is -2.08. The fourth-order valence-corrected chi connectivity index (χ4v) is 2.58. The maximum atomic E-state index is 12.4. The lowest BCUT2D eigenvalue weighted by atomic mass is 10.0. The summed E-state index contributed by atoms with van der Waals surface area (Å²) in [5.74, 6) is -0.791. The molecule has 0 saturated carbocycles. The molecule has 3 rings (SSSR count). The van der Waals surface area contributed by atoms with E-state index in [1.54, 1.807) is 42.5 Å². The van der Waals surface area contributed by atoms with Crippen LogP contribution in [-0.4, -0.2) is 16.7 Å². The maximum Gasteiger partial charge on any atom is 0.343 e. The maximum absolute atomic E-state index is 12.4. The number of rotatable bonds is 6. The largest absolute Gasteiger partial charge is 0.423 e. The third kappa shape index (κ3) is 4.82. The predicted octanol–water partition coefficient (Wildman–Crippen LogP) is 4.60. The summed E-state index contributed by atoms with van der Waals surface area (Å²) in [6.07, 6.45) is 1.46. The zero-order valence-electron chi connectivity index (χ0n) is 15.5. The number of Topliss-reactive ketones (excluding diaryl/α,β-unsaturated/α-hetero) is 1. The molecule has 0 fully saturated rings. The van der Waals surface area contributed by atoms with Gasteiger partial charge < -0.3 is 4.74 Å². The first-order valence-corrected chi connectivity index (χ1v) is 8.76. The highest BCUT2D eigenvalue weighted by atomic mass is 16.6. The topological polar surface area (TPSA) is 110 Å². The smallest absolute Gasteiger partial charge is 0.343 e. The first-order valence-electron chi connectivity index (χ1n) is 8.76. The second-order valence-corrected chi connectivity index (χ2v) is 6.13. The molecule has 3 aromatic carbocycles. The minimum Gasteiger partial charge on any atom is -0.423 e. The second kappa shape index (κ2) is 9.08. The van der Waals surface area contributed by atoms with Crippen molar-refractivity contribution in [2.45, 2.75) is 0 Å². The van der Waals surface area contributed by atoms with E-state index < -0.39 is 10.9 Å². The standard InChI is InChI=1S/C23H14N2O5/c24-15-19(22(26)17-4-2-1-3-5-17)14-16-6-12-21(13-7-16)30-23(27)18-8-10-20(11-9-18)25(28)29/h1-14H/b19-14+. The van der Waals surface area contributed by atoms with Crippen molar-refractivity contribution in [2.75, 3.05) is 0 Å². The molecule has 0 radical (unpaired) electrons. The van der Waals surface area contributed by atoms with Gasteiger partial charge in [-0.15, -0.1) is 0 Å². The van der Waals surface area contributed by atoms with Crippen LogP contribution in [0.3, 0.4) is 0 Å². The highest BCUT2D eigenvalue weighted by Crippen LogP contribution is 2.19. The number of non-ortho nitro benzene ring substituents is 1. The lowest BCUT2D eigenvalue weighted by Gasteiger charge is -2.05. The van der Waals surface area contributed by atoms with Crippen molar-refractivity contribution >= 4 is 23.5 Å². The number of ketones is 1. The SMILES string of the molecule is N#C/C(=C\c1ccc(OC(=O)c2ccc([N+](=O)[O-])cc2)cc1)C(=O)c1ccccc1. The van der Waals surface area contributed by atoms with Gasteiger partial charge in [0.25, 0.3) is 5.69 Å². The van der Waals surface area contributed by atoms with Gasteiger partial charge in [-0.25, -0.2) is 4.79 Å². The number of nitriles is 1. The molecule has 0 N–H and O–H groups in total. The molecule has 30 heavy (non-hydrogen) atoms. The van der Waals surface area contributed by atoms with Gasteiger partial charge in [0, 0.05) is 17.7 Å². The number of esters is 1. The second-order valence-electron chi connectivity index (χ2n) is 6.13. The Balaban J connectivity index is 1.71. The Bertz CT molecular complexity index is 1160. The highest BCUT2D eigenvalue weighted by molar-refractivity contribution is 6.14. The summed E-state index contributed by atoms with van der Waals surface area (Å²) in [4.78, 5) is 34.7. The molecule has 0 aliphatic heterocycles. The van der Waals surface area contributed by atoms with Crippen molar-refractivity contribution in [1.29, 1.82) is 5.26 Å². The molecule has 7 heteroatoms. The molecular weight excluding hydrogens is 384 g/mol. The molecule has 0 atom stereocenters. The molecule has 3 aromatic rings. The van der Waals surface area contributed by atoms with Crippen LogP contribution < -0.4 is 4.74 Å². The summed E-state index contributed by atoms with van der Waals surface area (Å²) in [6.45, 7) is 0. The summed E-state index contributed by atoms with van der Waals surface area (Å²) in [6, 6.07) is 21.7. The van der Waals surface area contributed by atoms with E-state index in [2.05, 4.69) is 0 Å². The quantitative estimate of drug-likeness (QED) is 0.114. The molecule has 7 nitrogen and oxygen atoms in total. The minimum atomic E-state index is -0.662. The summed E-state index contributed by atoms with van der Waals surface area (Å²) in [5, 5.41) is 20.0. The van der Waals surface area contributed by atoms with E-state index in [-0.39, 0.29) is 28.4 Å². The highest BCUT2D eigenvalue weighted by Gasteiger charge is 2.13. The van der Waals surface area contributed by atoms with Crippen LogP contribution in [0, 0.1) is 21.4 Å². The van der Waals surface area contributed by atoms with E-state index >= 15 is 0 Å². The Morgan fingerprint density at radius 2 is 1.53 bits per heavy atom. The van der Waals surface area contributed by atoms with Crippen molar-refractivity contribution in [3.05, 3.63) is 111 Å². The van der Waals surface area contributed by atoms with Crippen LogP contribution in [0.25, 0.3) is 6.08 Å². The summed E-state index contributed by atoms with van der Waals surface area (Å²) < 4.78 is 5.24. The number of hydrogen-bond donors (Lipinski definition) is 0. The number of nitrogens with zero attached hydrogens (tertiary/aromatic N) is 2. The monoisotopic (exact) mass is 398 g/mol. The van der Waals surface area contributed by atoms with Gasteiger partial charge in [0.05, 0.1) is 10.5 Å². The molecular formula is C23H14N2O5. The molecule has 146 valence electrons. The van der Waals surface area contributed by atoms with E-state index in [4.69, 9.17) is 4.74 Å². The fraction of sp³-hybridized carbons (Fsp3) is 0. The van der Waals surface area contributed by atoms with Crippen LogP contribution in [0.15, 0.2) is 84.4 Å². The third-order valence-electron chi connectivity index (χ3n) is 4.12. The van der Waals surface area contributed by atoms with Crippen LogP contribution in [0.4, 0.5) is 5.69 Å². The number of benzene rings is 3. The van der Waals surface area contributed by atoms with Crippen LogP contribution in [-0.2, 0) is 0 Å². The first kappa shape index (κ1) is 20.2. The first-order chi connectivity index (χ1) is 14.5. The molecule has 0 aliphatic rings. The van der Waals surface area contributed by atoms with Gasteiger partial charge in [0.1, 0.15) is 17.4 Å². The van der Waals surface area contributed by atoms with E-state index in [1.165, 1.54) is 42.5 Å². The Kier molecular flexibility index (Phi) is 6.11. The Labute approximate surface area is 171 Å². The number of allylic oxidation sites excluding steroid dienone is 1. The number of carbonyl (C=O) groups excluding carboxylic acids is 2. The summed E-state index contributed by atoms with van der Waals surface area (Å²) in [5.41, 5.74) is 1.03. The molecule has 0 heterocycles. The van der Waals surface area contributed by atoms with Gasteiger partial charge in [-0.1, -0.05) is 42.5 Å². The van der Waals surface area contributed by atoms with Crippen LogP contribution >= 0.6 is 0 Å². The molecule has 0 aliphatic carbocycles. The van der Waals surface area contributed by atoms with Gasteiger partial charge in [0.15, 0.2) is 0 Å². The minimum absolute atomic E-state index is 0.0168. The summed E-state index contributed by atoms with van der Waals surface area (Å²) >= 11 is 0. The van der Waals surface area contributed by atoms with Crippen LogP contribution in [0.2, 0.25) is 0 Å². The van der Waals surface area contributed by atoms with Crippen molar-refractivity contribution in [1.82, 2.24) is 0 Å². The number of ether oxygens (including phenoxy) is 1. The third-order valence-corrected chi connectivity index (χ3v) is 4.12. The van der Waals surface area contributed by atoms with E-state index in [0.29, 0.717) is 11.1 Å². The van der Waals surface area contributed by atoms with Gasteiger partial charge in [-0.05, 0) is 35.9 Å². The zero-order chi connectivity index (χ0) is 21.5. The molecule has 0 aromatic heterocycles. The van der Waals surface area contributed by atoms with Crippen molar-refractivity contribution in [3.63, 3.8) is 0 Å². The van der Waals surface area contributed by atoms with Crippen molar-refractivity contribution in [2.24, 2.45) is 0 Å². The average Bonchev–Trinajstić information content (AvgIpc) is 2.78. The lowest BCUT2D eigenvalue weighted by molar-refractivity contribution is -0.384. The zero-order valence-corrected chi connectivity index (χ0v) is 15.5. The normalized spacial score (nSPS) is 10.7. The average molecular weight is 398 g/mol. The van der Waals surface area contributed by atoms with Gasteiger partial charge in [-0.2, -0.15) is 5.26 Å². The van der Waals surface area contributed by atoms with Crippen LogP contribution in [0.5, 0.6) is 5.75 Å². The number of nitro groups is 1.